The minimum absolute atomic E-state index is 0.0535. The van der Waals surface area contributed by atoms with Crippen molar-refractivity contribution < 1.29 is 23.1 Å². The summed E-state index contributed by atoms with van der Waals surface area (Å²) in [7, 11) is 0. The molecule has 1 amide bonds. The van der Waals surface area contributed by atoms with Gasteiger partial charge in [0.1, 0.15) is 5.82 Å². The fourth-order valence-corrected chi connectivity index (χ4v) is 5.40. The summed E-state index contributed by atoms with van der Waals surface area (Å²) in [6.45, 7) is 1.68. The lowest BCUT2D eigenvalue weighted by Crippen LogP contribution is -2.47. The summed E-state index contributed by atoms with van der Waals surface area (Å²) in [6, 6.07) is 16.4. The lowest BCUT2D eigenvalue weighted by molar-refractivity contribution is -0.137. The Morgan fingerprint density at radius 1 is 1.06 bits per heavy atom. The molecule has 6 nitrogen and oxygen atoms in total. The monoisotopic (exact) mass is 514 g/mol. The van der Waals surface area contributed by atoms with Gasteiger partial charge in [0.2, 0.25) is 5.91 Å². The lowest BCUT2D eigenvalue weighted by atomic mass is 9.95. The van der Waals surface area contributed by atoms with E-state index in [9.17, 15) is 23.1 Å². The number of fused-ring (bicyclic) bond motifs is 1. The number of aliphatic hydroxyl groups excluding tert-OH is 1. The molecule has 1 aromatic heterocycles. The maximum absolute atomic E-state index is 12.7. The first-order chi connectivity index (χ1) is 17.2. The van der Waals surface area contributed by atoms with Crippen LogP contribution >= 0.6 is 11.9 Å². The average Bonchev–Trinajstić information content (AvgIpc) is 2.86. The van der Waals surface area contributed by atoms with Crippen LogP contribution in [0.5, 0.6) is 0 Å². The molecule has 0 radical (unpaired) electrons. The van der Waals surface area contributed by atoms with Gasteiger partial charge in [-0.05, 0) is 71.0 Å². The summed E-state index contributed by atoms with van der Waals surface area (Å²) in [5.41, 5.74) is 3.60. The minimum Gasteiger partial charge on any atom is -0.390 e. The summed E-state index contributed by atoms with van der Waals surface area (Å²) >= 11 is 1.57. The predicted molar refractivity (Wildman–Crippen MR) is 132 cm³/mol. The van der Waals surface area contributed by atoms with Crippen molar-refractivity contribution in [3.05, 3.63) is 77.5 Å². The maximum atomic E-state index is 12.7. The summed E-state index contributed by atoms with van der Waals surface area (Å²) in [4.78, 5) is 16.5. The van der Waals surface area contributed by atoms with E-state index in [2.05, 4.69) is 38.1 Å². The molecule has 3 aromatic rings. The Labute approximate surface area is 211 Å². The molecule has 2 aliphatic rings. The van der Waals surface area contributed by atoms with Crippen LogP contribution in [0.1, 0.15) is 23.1 Å². The van der Waals surface area contributed by atoms with E-state index < -0.39 is 17.8 Å². The van der Waals surface area contributed by atoms with Crippen molar-refractivity contribution in [2.45, 2.75) is 42.6 Å². The van der Waals surface area contributed by atoms with Crippen LogP contribution < -0.4 is 10.6 Å². The highest BCUT2D eigenvalue weighted by Crippen LogP contribution is 2.32. The Morgan fingerprint density at radius 3 is 2.53 bits per heavy atom. The molecular formula is C26H25F3N4O2S. The average molecular weight is 515 g/mol. The third-order valence-corrected chi connectivity index (χ3v) is 7.50. The third-order valence-electron chi connectivity index (χ3n) is 6.42. The number of pyridine rings is 1. The number of anilines is 1. The molecule has 0 aliphatic carbocycles. The number of halogens is 3. The van der Waals surface area contributed by atoms with Crippen LogP contribution in [0.15, 0.2) is 65.7 Å². The molecule has 188 valence electrons. The highest BCUT2D eigenvalue weighted by Gasteiger charge is 2.32. The molecule has 3 heterocycles. The van der Waals surface area contributed by atoms with Crippen molar-refractivity contribution in [3.63, 3.8) is 0 Å². The van der Waals surface area contributed by atoms with Gasteiger partial charge in [0.15, 0.2) is 0 Å². The molecule has 0 spiro atoms. The molecular weight excluding hydrogens is 489 g/mol. The number of amides is 1. The lowest BCUT2D eigenvalue weighted by Gasteiger charge is -2.35. The number of carbonyl (C=O) groups is 1. The SMILES string of the molecule is O=C1Cc2ccc(-c3ccc(SN4CCC(Nc5ccc(C(F)(F)F)cn5)C(O)C4)cc3)cc2CN1. The van der Waals surface area contributed by atoms with Crippen molar-refractivity contribution in [1.29, 1.82) is 0 Å². The van der Waals surface area contributed by atoms with E-state index in [1.165, 1.54) is 6.07 Å². The summed E-state index contributed by atoms with van der Waals surface area (Å²) < 4.78 is 40.3. The predicted octanol–water partition coefficient (Wildman–Crippen LogP) is 4.49. The smallest absolute Gasteiger partial charge is 0.390 e. The van der Waals surface area contributed by atoms with Gasteiger partial charge in [-0.2, -0.15) is 13.2 Å². The fourth-order valence-electron chi connectivity index (χ4n) is 4.42. The number of benzene rings is 2. The van der Waals surface area contributed by atoms with Crippen molar-refractivity contribution in [3.8, 4) is 11.1 Å². The zero-order chi connectivity index (χ0) is 25.3. The van der Waals surface area contributed by atoms with Crippen LogP contribution in [0.3, 0.4) is 0 Å². The van der Waals surface area contributed by atoms with Gasteiger partial charge in [-0.25, -0.2) is 9.29 Å². The second-order valence-electron chi connectivity index (χ2n) is 8.98. The van der Waals surface area contributed by atoms with Gasteiger partial charge < -0.3 is 15.7 Å². The number of nitrogens with one attached hydrogen (secondary N) is 2. The Bertz CT molecular complexity index is 1240. The first-order valence-electron chi connectivity index (χ1n) is 11.6. The molecule has 3 N–H and O–H groups in total. The van der Waals surface area contributed by atoms with Gasteiger partial charge in [0.25, 0.3) is 0 Å². The van der Waals surface area contributed by atoms with Gasteiger partial charge in [0, 0.05) is 30.7 Å². The second-order valence-corrected chi connectivity index (χ2v) is 10.1. The van der Waals surface area contributed by atoms with E-state index in [1.807, 2.05) is 24.3 Å². The first-order valence-corrected chi connectivity index (χ1v) is 12.4. The van der Waals surface area contributed by atoms with Crippen LogP contribution in [-0.4, -0.2) is 45.5 Å². The molecule has 2 aliphatic heterocycles. The topological polar surface area (TPSA) is 77.5 Å². The van der Waals surface area contributed by atoms with E-state index >= 15 is 0 Å². The zero-order valence-corrected chi connectivity index (χ0v) is 20.1. The van der Waals surface area contributed by atoms with E-state index in [-0.39, 0.29) is 11.9 Å². The number of piperidine rings is 1. The molecule has 2 atom stereocenters. The minimum atomic E-state index is -4.43. The molecule has 36 heavy (non-hydrogen) atoms. The number of aromatic nitrogens is 1. The molecule has 1 fully saturated rings. The maximum Gasteiger partial charge on any atom is 0.417 e. The summed E-state index contributed by atoms with van der Waals surface area (Å²) in [5, 5.41) is 16.6. The zero-order valence-electron chi connectivity index (χ0n) is 19.3. The van der Waals surface area contributed by atoms with Crippen molar-refractivity contribution in [1.82, 2.24) is 14.6 Å². The van der Waals surface area contributed by atoms with E-state index in [0.717, 1.165) is 39.4 Å². The molecule has 1 saturated heterocycles. The molecule has 0 bridgehead atoms. The van der Waals surface area contributed by atoms with Crippen LogP contribution in [0.25, 0.3) is 11.1 Å². The molecule has 5 rings (SSSR count). The van der Waals surface area contributed by atoms with E-state index in [4.69, 9.17) is 0 Å². The highest BCUT2D eigenvalue weighted by atomic mass is 32.2. The number of hydrogen-bond donors (Lipinski definition) is 3. The van der Waals surface area contributed by atoms with Gasteiger partial charge in [0.05, 0.1) is 24.1 Å². The first kappa shape index (κ1) is 24.6. The standard InChI is InChI=1S/C26H25F3N4O2S/c27-26(28,29)20-5-8-24(30-14-20)32-22-9-10-33(15-23(22)34)36-21-6-3-16(4-7-21)17-1-2-18-12-25(35)31-13-19(18)11-17/h1-8,11,14,22-23,34H,9-10,12-13,15H2,(H,30,32)(H,31,35). The molecule has 10 heteroatoms. The third kappa shape index (κ3) is 5.66. The van der Waals surface area contributed by atoms with Crippen molar-refractivity contribution in [2.24, 2.45) is 0 Å². The summed E-state index contributed by atoms with van der Waals surface area (Å²) in [5.74, 6) is 0.367. The van der Waals surface area contributed by atoms with Crippen molar-refractivity contribution >= 4 is 23.7 Å². The van der Waals surface area contributed by atoms with E-state index in [0.29, 0.717) is 38.3 Å². The molecule has 2 unspecified atom stereocenters. The Hall–Kier alpha value is -3.08. The molecule has 2 aromatic carbocycles. The normalized spacial score (nSPS) is 20.5. The van der Waals surface area contributed by atoms with Crippen LogP contribution in [0.2, 0.25) is 0 Å². The number of hydrogen-bond acceptors (Lipinski definition) is 6. The molecule has 0 saturated carbocycles. The van der Waals surface area contributed by atoms with E-state index in [1.54, 1.807) is 11.9 Å². The number of aliphatic hydroxyl groups is 1. The highest BCUT2D eigenvalue weighted by molar-refractivity contribution is 7.97. The number of nitrogens with zero attached hydrogens (tertiary/aromatic N) is 2. The van der Waals surface area contributed by atoms with Gasteiger partial charge >= 0.3 is 6.18 Å². The van der Waals surface area contributed by atoms with Crippen molar-refractivity contribution in [2.75, 3.05) is 18.4 Å². The quantitative estimate of drug-likeness (QED) is 0.436. The number of alkyl halides is 3. The van der Waals surface area contributed by atoms with Crippen LogP contribution in [0.4, 0.5) is 19.0 Å². The Morgan fingerprint density at radius 2 is 1.83 bits per heavy atom. The van der Waals surface area contributed by atoms with Gasteiger partial charge in [-0.1, -0.05) is 24.3 Å². The largest absolute Gasteiger partial charge is 0.417 e. The Kier molecular flexibility index (Phi) is 6.92. The number of β-amino-alcohol motifs (C(OH)–C–C–N with tert-alkyl or cyclic N) is 1. The van der Waals surface area contributed by atoms with Gasteiger partial charge in [-0.15, -0.1) is 0 Å². The fraction of sp³-hybridized carbons (Fsp3) is 0.308. The number of carbonyl (C=O) groups excluding carboxylic acids is 1. The number of rotatable bonds is 5. The second kappa shape index (κ2) is 10.1. The summed E-state index contributed by atoms with van der Waals surface area (Å²) in [6.07, 6.45) is -3.27. The van der Waals surface area contributed by atoms with Gasteiger partial charge in [-0.3, -0.25) is 4.79 Å². The Balaban J connectivity index is 1.16. The van der Waals surface area contributed by atoms with Crippen LogP contribution in [0, 0.1) is 0 Å². The van der Waals surface area contributed by atoms with Crippen LogP contribution in [-0.2, 0) is 23.9 Å².